The largest absolute Gasteiger partial charge is 0.493 e. The molecule has 11 heteroatoms. The molecule has 0 fully saturated rings. The summed E-state index contributed by atoms with van der Waals surface area (Å²) in [6.07, 6.45) is 1.65. The Morgan fingerprint density at radius 2 is 1.87 bits per heavy atom. The summed E-state index contributed by atoms with van der Waals surface area (Å²) >= 11 is 3.39. The molecule has 3 aromatic carbocycles. The minimum atomic E-state index is -0.797. The molecule has 0 saturated carbocycles. The molecule has 0 radical (unpaired) electrons. The van der Waals surface area contributed by atoms with Crippen molar-refractivity contribution in [2.75, 3.05) is 13.7 Å². The van der Waals surface area contributed by atoms with Crippen molar-refractivity contribution in [2.45, 2.75) is 46.4 Å². The molecule has 1 aliphatic heterocycles. The van der Waals surface area contributed by atoms with Crippen molar-refractivity contribution < 1.29 is 28.1 Å². The molecular formula is C34H32FIN2O6S. The molecule has 0 spiro atoms. The second-order valence-corrected chi connectivity index (χ2v) is 12.6. The Morgan fingerprint density at radius 3 is 2.56 bits per heavy atom. The number of fused-ring (bicyclic) bond motifs is 1. The minimum Gasteiger partial charge on any atom is -0.493 e. The summed E-state index contributed by atoms with van der Waals surface area (Å²) in [5.41, 5.74) is 2.65. The van der Waals surface area contributed by atoms with Gasteiger partial charge in [0.15, 0.2) is 16.3 Å². The number of ether oxygens (including phenoxy) is 4. The molecule has 0 N–H and O–H groups in total. The van der Waals surface area contributed by atoms with E-state index in [1.807, 2.05) is 44.2 Å². The minimum absolute atomic E-state index is 0.127. The SMILES string of the molecule is CCOC(=O)C1=C(C)N=c2s/c(=C/c3cc(I)c(OCc4ccc(F)cc4)c(OC)c3)c(=O)n2[C@@H]1c1ccccc1OC(C)C. The highest BCUT2D eigenvalue weighted by Crippen LogP contribution is 2.37. The number of hydrogen-bond donors (Lipinski definition) is 0. The average molecular weight is 743 g/mol. The molecule has 8 nitrogen and oxygen atoms in total. The Bertz CT molecular complexity index is 1950. The second kappa shape index (κ2) is 14.0. The zero-order chi connectivity index (χ0) is 32.2. The van der Waals surface area contributed by atoms with E-state index in [2.05, 4.69) is 27.6 Å². The number of para-hydroxylation sites is 1. The van der Waals surface area contributed by atoms with Gasteiger partial charge in [-0.2, -0.15) is 0 Å². The fourth-order valence-electron chi connectivity index (χ4n) is 5.00. The molecule has 4 aromatic rings. The number of benzene rings is 3. The number of carbonyl (C=O) groups excluding carboxylic acids is 1. The summed E-state index contributed by atoms with van der Waals surface area (Å²) in [4.78, 5) is 32.6. The van der Waals surface area contributed by atoms with Crippen molar-refractivity contribution in [2.24, 2.45) is 4.99 Å². The van der Waals surface area contributed by atoms with Crippen LogP contribution in [0.1, 0.15) is 50.4 Å². The van der Waals surface area contributed by atoms with Crippen LogP contribution < -0.4 is 29.1 Å². The van der Waals surface area contributed by atoms with Gasteiger partial charge in [-0.1, -0.05) is 41.7 Å². The van der Waals surface area contributed by atoms with E-state index in [1.54, 1.807) is 49.8 Å². The van der Waals surface area contributed by atoms with Crippen LogP contribution in [0.15, 0.2) is 81.7 Å². The first-order valence-electron chi connectivity index (χ1n) is 14.3. The van der Waals surface area contributed by atoms with E-state index in [-0.39, 0.29) is 36.3 Å². The normalized spacial score (nSPS) is 14.7. The van der Waals surface area contributed by atoms with Gasteiger partial charge in [0.1, 0.15) is 24.2 Å². The van der Waals surface area contributed by atoms with Gasteiger partial charge in [0, 0.05) is 5.56 Å². The van der Waals surface area contributed by atoms with Gasteiger partial charge in [0.25, 0.3) is 5.56 Å². The van der Waals surface area contributed by atoms with Crippen LogP contribution in [0.5, 0.6) is 17.2 Å². The lowest BCUT2D eigenvalue weighted by Gasteiger charge is -2.26. The van der Waals surface area contributed by atoms with E-state index >= 15 is 0 Å². The fourth-order valence-corrected chi connectivity index (χ4v) is 6.83. The van der Waals surface area contributed by atoms with Gasteiger partial charge in [-0.25, -0.2) is 14.2 Å². The number of rotatable bonds is 10. The van der Waals surface area contributed by atoms with Gasteiger partial charge in [0.2, 0.25) is 0 Å². The third-order valence-corrected chi connectivity index (χ3v) is 8.72. The zero-order valence-corrected chi connectivity index (χ0v) is 28.4. The molecule has 2 heterocycles. The van der Waals surface area contributed by atoms with Crippen LogP contribution in [0.25, 0.3) is 6.08 Å². The quantitative estimate of drug-likeness (QED) is 0.148. The Hall–Kier alpha value is -3.97. The number of thiazole rings is 1. The van der Waals surface area contributed by atoms with E-state index in [0.717, 1.165) is 14.7 Å². The van der Waals surface area contributed by atoms with Crippen LogP contribution in [0.4, 0.5) is 4.39 Å². The molecule has 0 aliphatic carbocycles. The molecule has 234 valence electrons. The van der Waals surface area contributed by atoms with Gasteiger partial charge >= 0.3 is 5.97 Å². The zero-order valence-electron chi connectivity index (χ0n) is 25.4. The van der Waals surface area contributed by atoms with E-state index in [9.17, 15) is 14.0 Å². The number of esters is 1. The summed E-state index contributed by atoms with van der Waals surface area (Å²) in [7, 11) is 1.55. The predicted molar refractivity (Wildman–Crippen MR) is 179 cm³/mol. The summed E-state index contributed by atoms with van der Waals surface area (Å²) in [5.74, 6) is 0.748. The van der Waals surface area contributed by atoms with Crippen LogP contribution in [0.2, 0.25) is 0 Å². The lowest BCUT2D eigenvalue weighted by Crippen LogP contribution is -2.40. The third-order valence-electron chi connectivity index (χ3n) is 6.94. The molecule has 0 amide bonds. The number of methoxy groups -OCH3 is 1. The maximum absolute atomic E-state index is 14.1. The van der Waals surface area contributed by atoms with Gasteiger partial charge in [-0.15, -0.1) is 0 Å². The van der Waals surface area contributed by atoms with E-state index in [1.165, 1.54) is 23.5 Å². The first-order valence-corrected chi connectivity index (χ1v) is 16.2. The first-order chi connectivity index (χ1) is 21.6. The third kappa shape index (κ3) is 6.99. The van der Waals surface area contributed by atoms with Crippen molar-refractivity contribution in [3.63, 3.8) is 0 Å². The molecule has 5 rings (SSSR count). The van der Waals surface area contributed by atoms with Crippen LogP contribution in [-0.2, 0) is 16.1 Å². The molecule has 1 atom stereocenters. The van der Waals surface area contributed by atoms with Crippen molar-refractivity contribution in [3.8, 4) is 17.2 Å². The van der Waals surface area contributed by atoms with Crippen LogP contribution >= 0.6 is 33.9 Å². The highest BCUT2D eigenvalue weighted by Gasteiger charge is 2.35. The predicted octanol–water partition coefficient (Wildman–Crippen LogP) is 5.92. The molecular weight excluding hydrogens is 710 g/mol. The smallest absolute Gasteiger partial charge is 0.338 e. The number of hydrogen-bond acceptors (Lipinski definition) is 8. The van der Waals surface area contributed by atoms with E-state index in [0.29, 0.717) is 37.8 Å². The summed E-state index contributed by atoms with van der Waals surface area (Å²) in [5, 5.41) is 0. The Morgan fingerprint density at radius 1 is 1.13 bits per heavy atom. The van der Waals surface area contributed by atoms with Gasteiger partial charge < -0.3 is 18.9 Å². The Labute approximate surface area is 277 Å². The number of carbonyl (C=O) groups is 1. The lowest BCUT2D eigenvalue weighted by molar-refractivity contribution is -0.139. The molecule has 0 unspecified atom stereocenters. The Kier molecular flexibility index (Phi) is 10.1. The topological polar surface area (TPSA) is 88.4 Å². The maximum Gasteiger partial charge on any atom is 0.338 e. The summed E-state index contributed by atoms with van der Waals surface area (Å²) in [6, 6.07) is 16.4. The average Bonchev–Trinajstić information content (AvgIpc) is 3.30. The van der Waals surface area contributed by atoms with Crippen molar-refractivity contribution in [3.05, 3.63) is 118 Å². The van der Waals surface area contributed by atoms with Gasteiger partial charge in [-0.3, -0.25) is 9.36 Å². The van der Waals surface area contributed by atoms with Crippen molar-refractivity contribution in [1.82, 2.24) is 4.57 Å². The maximum atomic E-state index is 14.1. The van der Waals surface area contributed by atoms with E-state index < -0.39 is 12.0 Å². The van der Waals surface area contributed by atoms with Crippen molar-refractivity contribution in [1.29, 1.82) is 0 Å². The second-order valence-electron chi connectivity index (χ2n) is 10.5. The number of nitrogens with zero attached hydrogens (tertiary/aromatic N) is 2. The molecule has 1 aromatic heterocycles. The fraction of sp³-hybridized carbons (Fsp3) is 0.265. The Balaban J connectivity index is 1.60. The van der Waals surface area contributed by atoms with Gasteiger partial charge in [0.05, 0.1) is 39.2 Å². The molecule has 1 aliphatic rings. The summed E-state index contributed by atoms with van der Waals surface area (Å²) in [6.45, 7) is 7.74. The number of aromatic nitrogens is 1. The molecule has 45 heavy (non-hydrogen) atoms. The molecule has 0 saturated heterocycles. The highest BCUT2D eigenvalue weighted by atomic mass is 127. The first kappa shape index (κ1) is 32.4. The van der Waals surface area contributed by atoms with Crippen LogP contribution in [0, 0.1) is 9.39 Å². The van der Waals surface area contributed by atoms with Gasteiger partial charge in [-0.05, 0) is 97.8 Å². The van der Waals surface area contributed by atoms with Crippen LogP contribution in [0.3, 0.4) is 0 Å². The number of halogens is 2. The number of allylic oxidation sites excluding steroid dienone is 1. The highest BCUT2D eigenvalue weighted by molar-refractivity contribution is 14.1. The van der Waals surface area contributed by atoms with E-state index in [4.69, 9.17) is 18.9 Å². The standard InChI is InChI=1S/C34H32FIN2O6S/c1-6-42-33(40)29-20(4)37-34-38(30(29)24-9-7-8-10-26(24)44-19(2)3)32(39)28(45-34)17-22-15-25(36)31(27(16-22)41-5)43-18-21-11-13-23(35)14-12-21/h7-17,19,30H,6,18H2,1-5H3/b28-17+/t30-/m1/s1. The van der Waals surface area contributed by atoms with Crippen LogP contribution in [-0.4, -0.2) is 30.4 Å². The summed E-state index contributed by atoms with van der Waals surface area (Å²) < 4.78 is 39.3. The lowest BCUT2D eigenvalue weighted by atomic mass is 9.95. The monoisotopic (exact) mass is 742 g/mol. The van der Waals surface area contributed by atoms with Crippen molar-refractivity contribution >= 4 is 46.0 Å². The molecule has 0 bridgehead atoms.